The van der Waals surface area contributed by atoms with Crippen LogP contribution in [0.3, 0.4) is 0 Å². The molecule has 3 rings (SSSR count). The first-order valence-corrected chi connectivity index (χ1v) is 11.6. The molecule has 1 saturated carbocycles. The van der Waals surface area contributed by atoms with Crippen molar-refractivity contribution in [3.05, 3.63) is 54.1 Å². The van der Waals surface area contributed by atoms with Crippen LogP contribution >= 0.6 is 0 Å². The van der Waals surface area contributed by atoms with Gasteiger partial charge in [0.1, 0.15) is 5.75 Å². The molecule has 2 aromatic carbocycles. The van der Waals surface area contributed by atoms with Crippen molar-refractivity contribution < 1.29 is 17.9 Å². The van der Waals surface area contributed by atoms with Gasteiger partial charge in [0.15, 0.2) is 0 Å². The highest BCUT2D eigenvalue weighted by molar-refractivity contribution is 7.92. The summed E-state index contributed by atoms with van der Waals surface area (Å²) in [5.41, 5.74) is 0.915. The van der Waals surface area contributed by atoms with Crippen LogP contribution in [0.15, 0.2) is 53.4 Å². The lowest BCUT2D eigenvalue weighted by Crippen LogP contribution is -2.34. The molecule has 29 heavy (non-hydrogen) atoms. The standard InChI is InChI=1S/C22H28N2O4S/c1-2-28-20-13-11-19(12-14-20)24-29(26,27)21-15-9-17(10-16-21)22(25)23-18-7-5-3-4-6-8-18/h9-16,18,24H,2-8H2,1H3,(H,23,25). The van der Waals surface area contributed by atoms with Crippen molar-refractivity contribution in [3.8, 4) is 5.75 Å². The molecule has 7 heteroatoms. The van der Waals surface area contributed by atoms with Crippen molar-refractivity contribution in [1.82, 2.24) is 5.32 Å². The van der Waals surface area contributed by atoms with Gasteiger partial charge in [0, 0.05) is 17.3 Å². The van der Waals surface area contributed by atoms with Crippen molar-refractivity contribution in [2.75, 3.05) is 11.3 Å². The molecule has 6 nitrogen and oxygen atoms in total. The molecule has 156 valence electrons. The maximum Gasteiger partial charge on any atom is 0.261 e. The summed E-state index contributed by atoms with van der Waals surface area (Å²) < 4.78 is 33.1. The molecule has 0 atom stereocenters. The second-order valence-corrected chi connectivity index (χ2v) is 8.93. The van der Waals surface area contributed by atoms with E-state index < -0.39 is 10.0 Å². The average molecular weight is 417 g/mol. The first-order valence-electron chi connectivity index (χ1n) is 10.1. The van der Waals surface area contributed by atoms with Gasteiger partial charge >= 0.3 is 0 Å². The van der Waals surface area contributed by atoms with Gasteiger partial charge in [-0.2, -0.15) is 0 Å². The predicted molar refractivity (Wildman–Crippen MR) is 114 cm³/mol. The Morgan fingerprint density at radius 2 is 1.59 bits per heavy atom. The summed E-state index contributed by atoms with van der Waals surface area (Å²) >= 11 is 0. The number of anilines is 1. The maximum absolute atomic E-state index is 12.6. The molecular formula is C22H28N2O4S. The Bertz CT molecular complexity index is 901. The number of amides is 1. The van der Waals surface area contributed by atoms with Crippen LogP contribution in [0.25, 0.3) is 0 Å². The van der Waals surface area contributed by atoms with E-state index >= 15 is 0 Å². The largest absolute Gasteiger partial charge is 0.494 e. The molecule has 1 aliphatic rings. The summed E-state index contributed by atoms with van der Waals surface area (Å²) in [6.45, 7) is 2.43. The van der Waals surface area contributed by atoms with E-state index in [4.69, 9.17) is 4.74 Å². The normalized spacial score (nSPS) is 15.3. The van der Waals surface area contributed by atoms with Gasteiger partial charge in [0.2, 0.25) is 0 Å². The number of carbonyl (C=O) groups excluding carboxylic acids is 1. The second-order valence-electron chi connectivity index (χ2n) is 7.25. The van der Waals surface area contributed by atoms with E-state index in [0.29, 0.717) is 23.6 Å². The highest BCUT2D eigenvalue weighted by Gasteiger charge is 2.18. The predicted octanol–water partition coefficient (Wildman–Crippen LogP) is 4.34. The van der Waals surface area contributed by atoms with Crippen LogP contribution in [0.1, 0.15) is 55.8 Å². The molecule has 0 bridgehead atoms. The van der Waals surface area contributed by atoms with E-state index in [0.717, 1.165) is 25.7 Å². The summed E-state index contributed by atoms with van der Waals surface area (Å²) in [4.78, 5) is 12.6. The van der Waals surface area contributed by atoms with Crippen molar-refractivity contribution in [2.45, 2.75) is 56.4 Å². The Kier molecular flexibility index (Phi) is 7.14. The van der Waals surface area contributed by atoms with Crippen LogP contribution < -0.4 is 14.8 Å². The van der Waals surface area contributed by atoms with Gasteiger partial charge in [-0.3, -0.25) is 9.52 Å². The van der Waals surface area contributed by atoms with Gasteiger partial charge in [-0.15, -0.1) is 0 Å². The molecular weight excluding hydrogens is 388 g/mol. The Labute approximate surface area is 172 Å². The number of hydrogen-bond donors (Lipinski definition) is 2. The summed E-state index contributed by atoms with van der Waals surface area (Å²) in [6.07, 6.45) is 6.73. The summed E-state index contributed by atoms with van der Waals surface area (Å²) in [7, 11) is -3.74. The minimum Gasteiger partial charge on any atom is -0.494 e. The van der Waals surface area contributed by atoms with E-state index in [1.807, 2.05) is 6.92 Å². The van der Waals surface area contributed by atoms with Crippen molar-refractivity contribution >= 4 is 21.6 Å². The van der Waals surface area contributed by atoms with Gasteiger partial charge in [0.05, 0.1) is 11.5 Å². The highest BCUT2D eigenvalue weighted by atomic mass is 32.2. The molecule has 0 heterocycles. The fourth-order valence-corrected chi connectivity index (χ4v) is 4.54. The first kappa shape index (κ1) is 21.2. The minimum atomic E-state index is -3.74. The maximum atomic E-state index is 12.6. The molecule has 0 aliphatic heterocycles. The van der Waals surface area contributed by atoms with E-state index in [1.54, 1.807) is 36.4 Å². The van der Waals surface area contributed by atoms with Crippen LogP contribution in [0.4, 0.5) is 5.69 Å². The summed E-state index contributed by atoms with van der Waals surface area (Å²) in [5.74, 6) is 0.528. The molecule has 1 amide bonds. The first-order chi connectivity index (χ1) is 14.0. The third-order valence-corrected chi connectivity index (χ3v) is 6.43. The van der Waals surface area contributed by atoms with Crippen molar-refractivity contribution in [2.24, 2.45) is 0 Å². The average Bonchev–Trinajstić information content (AvgIpc) is 2.98. The lowest BCUT2D eigenvalue weighted by atomic mass is 10.1. The van der Waals surface area contributed by atoms with Crippen LogP contribution in [0.2, 0.25) is 0 Å². The van der Waals surface area contributed by atoms with Gasteiger partial charge in [0.25, 0.3) is 15.9 Å². The number of hydrogen-bond acceptors (Lipinski definition) is 4. The molecule has 2 N–H and O–H groups in total. The fraction of sp³-hybridized carbons (Fsp3) is 0.409. The Morgan fingerprint density at radius 1 is 0.966 bits per heavy atom. The molecule has 1 fully saturated rings. The Balaban J connectivity index is 1.63. The van der Waals surface area contributed by atoms with Gasteiger partial charge in [-0.25, -0.2) is 8.42 Å². The number of ether oxygens (including phenoxy) is 1. The zero-order chi connectivity index (χ0) is 20.7. The molecule has 2 aromatic rings. The van der Waals surface area contributed by atoms with Crippen molar-refractivity contribution in [3.63, 3.8) is 0 Å². The minimum absolute atomic E-state index is 0.109. The number of carbonyl (C=O) groups is 1. The fourth-order valence-electron chi connectivity index (χ4n) is 3.48. The quantitative estimate of drug-likeness (QED) is 0.658. The lowest BCUT2D eigenvalue weighted by Gasteiger charge is -2.16. The van der Waals surface area contributed by atoms with E-state index in [9.17, 15) is 13.2 Å². The topological polar surface area (TPSA) is 84.5 Å². The van der Waals surface area contributed by atoms with Crippen LogP contribution in [-0.2, 0) is 10.0 Å². The van der Waals surface area contributed by atoms with Gasteiger partial charge in [-0.1, -0.05) is 25.7 Å². The van der Waals surface area contributed by atoms with E-state index in [2.05, 4.69) is 10.0 Å². The smallest absolute Gasteiger partial charge is 0.261 e. The molecule has 0 spiro atoms. The van der Waals surface area contributed by atoms with Crippen LogP contribution in [0, 0.1) is 0 Å². The number of rotatable bonds is 7. The second kappa shape index (κ2) is 9.78. The molecule has 0 radical (unpaired) electrons. The van der Waals surface area contributed by atoms with E-state index in [-0.39, 0.29) is 16.8 Å². The third-order valence-electron chi connectivity index (χ3n) is 5.03. The zero-order valence-corrected chi connectivity index (χ0v) is 17.5. The monoisotopic (exact) mass is 416 g/mol. The molecule has 0 unspecified atom stereocenters. The van der Waals surface area contributed by atoms with Crippen molar-refractivity contribution in [1.29, 1.82) is 0 Å². The molecule has 0 aromatic heterocycles. The lowest BCUT2D eigenvalue weighted by molar-refractivity contribution is 0.0933. The van der Waals surface area contributed by atoms with Crippen LogP contribution in [0.5, 0.6) is 5.75 Å². The number of nitrogens with one attached hydrogen (secondary N) is 2. The zero-order valence-electron chi connectivity index (χ0n) is 16.7. The Hall–Kier alpha value is -2.54. The summed E-state index contributed by atoms with van der Waals surface area (Å²) in [6, 6.07) is 12.9. The number of sulfonamides is 1. The van der Waals surface area contributed by atoms with Gasteiger partial charge in [-0.05, 0) is 68.3 Å². The molecule has 1 aliphatic carbocycles. The third kappa shape index (κ3) is 5.97. The highest BCUT2D eigenvalue weighted by Crippen LogP contribution is 2.21. The summed E-state index contributed by atoms with van der Waals surface area (Å²) in [5, 5.41) is 3.07. The number of benzene rings is 2. The molecule has 0 saturated heterocycles. The van der Waals surface area contributed by atoms with Gasteiger partial charge < -0.3 is 10.1 Å². The SMILES string of the molecule is CCOc1ccc(NS(=O)(=O)c2ccc(C(=O)NC3CCCCCC3)cc2)cc1. The van der Waals surface area contributed by atoms with Crippen LogP contribution in [-0.4, -0.2) is 27.0 Å². The van der Waals surface area contributed by atoms with E-state index in [1.165, 1.54) is 25.0 Å². The Morgan fingerprint density at radius 3 is 2.17 bits per heavy atom.